The average molecular weight is 307 g/mol. The van der Waals surface area contributed by atoms with Gasteiger partial charge in [0.2, 0.25) is 0 Å². The summed E-state index contributed by atoms with van der Waals surface area (Å²) in [6.45, 7) is 1.59. The van der Waals surface area contributed by atoms with Gasteiger partial charge in [-0.25, -0.2) is 4.79 Å². The zero-order valence-corrected chi connectivity index (χ0v) is 11.5. The lowest BCUT2D eigenvalue weighted by Gasteiger charge is -2.05. The first kappa shape index (κ1) is 14.5. The molecule has 3 amide bonds. The van der Waals surface area contributed by atoms with E-state index in [2.05, 4.69) is 20.2 Å². The van der Waals surface area contributed by atoms with Crippen LogP contribution >= 0.6 is 11.5 Å². The number of nitrogens with one attached hydrogen (secondary N) is 2. The number of non-ortho nitro benzene ring substituents is 1. The Morgan fingerprint density at radius 1 is 1.38 bits per heavy atom. The second-order valence-electron chi connectivity index (χ2n) is 3.90. The largest absolute Gasteiger partial charge is 0.326 e. The molecule has 2 rings (SSSR count). The number of aryl methyl sites for hydroxylation is 1. The normalized spacial score (nSPS) is 9.95. The van der Waals surface area contributed by atoms with Crippen molar-refractivity contribution in [1.82, 2.24) is 14.9 Å². The molecule has 0 spiro atoms. The molecule has 0 saturated carbocycles. The van der Waals surface area contributed by atoms with E-state index < -0.39 is 16.9 Å². The highest BCUT2D eigenvalue weighted by Gasteiger charge is 2.16. The van der Waals surface area contributed by atoms with Gasteiger partial charge in [-0.05, 0) is 24.5 Å². The van der Waals surface area contributed by atoms with Gasteiger partial charge in [0.05, 0.1) is 10.6 Å². The summed E-state index contributed by atoms with van der Waals surface area (Å²) in [5, 5.41) is 18.7. The van der Waals surface area contributed by atoms with E-state index in [4.69, 9.17) is 0 Å². The average Bonchev–Trinajstić information content (AvgIpc) is 2.85. The minimum absolute atomic E-state index is 0.165. The number of urea groups is 1. The molecule has 0 fully saturated rings. The number of nitro benzene ring substituents is 1. The number of benzene rings is 1. The summed E-state index contributed by atoms with van der Waals surface area (Å²) in [7, 11) is 0. The molecule has 1 aromatic carbocycles. The molecule has 0 aliphatic heterocycles. The van der Waals surface area contributed by atoms with E-state index in [-0.39, 0.29) is 16.3 Å². The molecule has 0 atom stereocenters. The molecular formula is C11H9N5O4S. The molecule has 10 heteroatoms. The smallest absolute Gasteiger partial charge is 0.307 e. The van der Waals surface area contributed by atoms with Crippen molar-refractivity contribution in [2.24, 2.45) is 0 Å². The number of aromatic nitrogens is 2. The summed E-state index contributed by atoms with van der Waals surface area (Å²) >= 11 is 0.870. The van der Waals surface area contributed by atoms with Crippen LogP contribution in [0.4, 0.5) is 16.2 Å². The van der Waals surface area contributed by atoms with Crippen LogP contribution in [0.3, 0.4) is 0 Å². The molecule has 1 aromatic heterocycles. The van der Waals surface area contributed by atoms with Gasteiger partial charge < -0.3 is 5.32 Å². The van der Waals surface area contributed by atoms with Gasteiger partial charge in [0, 0.05) is 17.8 Å². The molecule has 0 bridgehead atoms. The number of amides is 3. The van der Waals surface area contributed by atoms with Crippen LogP contribution in [0.2, 0.25) is 0 Å². The predicted octanol–water partition coefficient (Wildman–Crippen LogP) is 1.72. The van der Waals surface area contributed by atoms with Crippen molar-refractivity contribution in [1.29, 1.82) is 0 Å². The van der Waals surface area contributed by atoms with Crippen molar-refractivity contribution in [2.45, 2.75) is 6.92 Å². The number of carbonyl (C=O) groups is 2. The number of nitro groups is 1. The maximum Gasteiger partial charge on any atom is 0.326 e. The Kier molecular flexibility index (Phi) is 4.18. The lowest BCUT2D eigenvalue weighted by molar-refractivity contribution is -0.384. The molecule has 21 heavy (non-hydrogen) atoms. The van der Waals surface area contributed by atoms with Crippen LogP contribution in [0, 0.1) is 17.0 Å². The van der Waals surface area contributed by atoms with Gasteiger partial charge in [-0.1, -0.05) is 10.6 Å². The number of carbonyl (C=O) groups excluding carboxylic acids is 2. The minimum atomic E-state index is -0.798. The van der Waals surface area contributed by atoms with E-state index in [1.807, 2.05) is 0 Å². The predicted molar refractivity (Wildman–Crippen MR) is 74.2 cm³/mol. The molecule has 2 N–H and O–H groups in total. The maximum atomic E-state index is 11.8. The van der Waals surface area contributed by atoms with Crippen molar-refractivity contribution in [3.8, 4) is 0 Å². The molecule has 9 nitrogen and oxygen atoms in total. The summed E-state index contributed by atoms with van der Waals surface area (Å²) in [5.74, 6) is -0.634. The summed E-state index contributed by atoms with van der Waals surface area (Å²) in [6, 6.07) is 4.57. The van der Waals surface area contributed by atoms with E-state index in [0.717, 1.165) is 11.5 Å². The Morgan fingerprint density at radius 2 is 2.14 bits per heavy atom. The Balaban J connectivity index is 2.02. The van der Waals surface area contributed by atoms with Crippen molar-refractivity contribution >= 4 is 34.8 Å². The third-order valence-electron chi connectivity index (χ3n) is 2.40. The third-order valence-corrected chi connectivity index (χ3v) is 3.23. The minimum Gasteiger partial charge on any atom is -0.307 e. The number of hydrogen-bond acceptors (Lipinski definition) is 7. The van der Waals surface area contributed by atoms with Crippen molar-refractivity contribution in [3.63, 3.8) is 0 Å². The van der Waals surface area contributed by atoms with Crippen molar-refractivity contribution in [3.05, 3.63) is 45.0 Å². The molecule has 108 valence electrons. The Hall–Kier alpha value is -2.88. The lowest BCUT2D eigenvalue weighted by atomic mass is 10.3. The van der Waals surface area contributed by atoms with E-state index in [9.17, 15) is 19.7 Å². The highest BCUT2D eigenvalue weighted by Crippen LogP contribution is 2.17. The Morgan fingerprint density at radius 3 is 2.76 bits per heavy atom. The highest BCUT2D eigenvalue weighted by atomic mass is 32.1. The van der Waals surface area contributed by atoms with Gasteiger partial charge in [0.15, 0.2) is 0 Å². The van der Waals surface area contributed by atoms with E-state index in [1.165, 1.54) is 24.3 Å². The summed E-state index contributed by atoms with van der Waals surface area (Å²) in [6.07, 6.45) is 0. The number of rotatable bonds is 3. The van der Waals surface area contributed by atoms with Crippen LogP contribution < -0.4 is 10.6 Å². The maximum absolute atomic E-state index is 11.8. The topological polar surface area (TPSA) is 127 Å². The van der Waals surface area contributed by atoms with Crippen LogP contribution in [-0.2, 0) is 0 Å². The van der Waals surface area contributed by atoms with Crippen LogP contribution in [0.5, 0.6) is 0 Å². The van der Waals surface area contributed by atoms with Gasteiger partial charge in [-0.2, -0.15) is 0 Å². The lowest BCUT2D eigenvalue weighted by Crippen LogP contribution is -2.34. The summed E-state index contributed by atoms with van der Waals surface area (Å²) in [4.78, 5) is 33.7. The number of nitrogens with zero attached hydrogens (tertiary/aromatic N) is 3. The standard InChI is InChI=1S/C11H9N5O4S/c1-6-9(21-15-14-6)10(17)13-11(18)12-7-3-2-4-8(5-7)16(19)20/h2-5H,1H3,(H2,12,13,17,18). The van der Waals surface area contributed by atoms with Crippen LogP contribution in [0.1, 0.15) is 15.4 Å². The molecule has 0 aliphatic rings. The summed E-state index contributed by atoms with van der Waals surface area (Å²) in [5.41, 5.74) is 0.455. The Bertz CT molecular complexity index is 714. The van der Waals surface area contributed by atoms with Gasteiger partial charge in [0.1, 0.15) is 4.88 Å². The zero-order chi connectivity index (χ0) is 15.4. The second kappa shape index (κ2) is 6.05. The fraction of sp³-hybridized carbons (Fsp3) is 0.0909. The van der Waals surface area contributed by atoms with Gasteiger partial charge in [-0.15, -0.1) is 5.10 Å². The molecule has 0 aliphatic carbocycles. The van der Waals surface area contributed by atoms with Crippen molar-refractivity contribution < 1.29 is 14.5 Å². The quantitative estimate of drug-likeness (QED) is 0.656. The monoisotopic (exact) mass is 307 g/mol. The first-order chi connectivity index (χ1) is 9.97. The first-order valence-electron chi connectivity index (χ1n) is 5.63. The van der Waals surface area contributed by atoms with Crippen LogP contribution in [0.25, 0.3) is 0 Å². The van der Waals surface area contributed by atoms with Gasteiger partial charge in [0.25, 0.3) is 11.6 Å². The molecule has 0 unspecified atom stereocenters. The number of anilines is 1. The van der Waals surface area contributed by atoms with Gasteiger partial charge in [-0.3, -0.25) is 20.2 Å². The Labute approximate surface area is 122 Å². The number of imide groups is 1. The molecular weight excluding hydrogens is 298 g/mol. The van der Waals surface area contributed by atoms with E-state index in [1.54, 1.807) is 6.92 Å². The second-order valence-corrected chi connectivity index (χ2v) is 4.66. The van der Waals surface area contributed by atoms with Crippen LogP contribution in [0.15, 0.2) is 24.3 Å². The third kappa shape index (κ3) is 3.57. The zero-order valence-electron chi connectivity index (χ0n) is 10.7. The molecule has 1 heterocycles. The number of hydrogen-bond donors (Lipinski definition) is 2. The molecule has 0 saturated heterocycles. The molecule has 0 radical (unpaired) electrons. The van der Waals surface area contributed by atoms with E-state index >= 15 is 0 Å². The summed E-state index contributed by atoms with van der Waals surface area (Å²) < 4.78 is 3.59. The first-order valence-corrected chi connectivity index (χ1v) is 6.40. The SMILES string of the molecule is Cc1nnsc1C(=O)NC(=O)Nc1cccc([N+](=O)[O-])c1. The van der Waals surface area contributed by atoms with Gasteiger partial charge >= 0.3 is 6.03 Å². The van der Waals surface area contributed by atoms with Crippen LogP contribution in [-0.4, -0.2) is 26.4 Å². The highest BCUT2D eigenvalue weighted by molar-refractivity contribution is 7.08. The molecule has 2 aromatic rings. The fourth-order valence-electron chi connectivity index (χ4n) is 1.46. The fourth-order valence-corrected chi connectivity index (χ4v) is 2.01. The van der Waals surface area contributed by atoms with E-state index in [0.29, 0.717) is 5.69 Å². The van der Waals surface area contributed by atoms with Crippen molar-refractivity contribution in [2.75, 3.05) is 5.32 Å².